The Hall–Kier alpha value is 1.52. The first-order valence-electron chi connectivity index (χ1n) is 10.5. The van der Waals surface area contributed by atoms with Gasteiger partial charge in [-0.05, 0) is 20.2 Å². The van der Waals surface area contributed by atoms with E-state index >= 15 is 0 Å². The van der Waals surface area contributed by atoms with Crippen LogP contribution in [0.5, 0.6) is 0 Å². The van der Waals surface area contributed by atoms with Crippen LogP contribution in [-0.2, 0) is 0 Å². The number of hydrogen-bond acceptors (Lipinski definition) is 0. The predicted octanol–water partition coefficient (Wildman–Crippen LogP) is 9.00. The Kier molecular flexibility index (Phi) is 18.2. The third kappa shape index (κ3) is 106. The first kappa shape index (κ1) is 36.9. The second kappa shape index (κ2) is 13.8. The molecule has 0 spiro atoms. The normalized spacial score (nSPS) is 13.3. The zero-order valence-electron chi connectivity index (χ0n) is 23.0. The Bertz CT molecular complexity index is 288. The van der Waals surface area contributed by atoms with Crippen molar-refractivity contribution in [3.63, 3.8) is 0 Å². The summed E-state index contributed by atoms with van der Waals surface area (Å²) in [4.78, 5) is 0. The summed E-state index contributed by atoms with van der Waals surface area (Å²) in [5.74, 6) is 0. The van der Waals surface area contributed by atoms with Gasteiger partial charge >= 0.3 is 83.1 Å². The van der Waals surface area contributed by atoms with Crippen molar-refractivity contribution < 1.29 is 0 Å². The molecule has 0 aromatic heterocycles. The third-order valence-electron chi connectivity index (χ3n) is 1.50. The summed E-state index contributed by atoms with van der Waals surface area (Å²) >= 11 is 4.38. The summed E-state index contributed by atoms with van der Waals surface area (Å²) in [6.45, 7) is 40.8. The second-order valence-corrected chi connectivity index (χ2v) is 26.5. The van der Waals surface area contributed by atoms with Gasteiger partial charge in [0.2, 0.25) is 0 Å². The molecular weight excluding hydrogens is 490 g/mol. The van der Waals surface area contributed by atoms with Crippen molar-refractivity contribution in [1.29, 1.82) is 0 Å². The maximum atomic E-state index is 2.30. The molecule has 0 atom stereocenters. The van der Waals surface area contributed by atoms with Gasteiger partial charge in [0.15, 0.2) is 0 Å². The minimum absolute atomic E-state index is 0.500. The molecular formula is C24H54Ge2Si2. The summed E-state index contributed by atoms with van der Waals surface area (Å²) in [5.41, 5.74) is 0. The molecule has 0 saturated heterocycles. The SMILES string of the molecule is CC(C)(C)[Si]C(C)(C)C.CC(C)(C)[Si]C(C)(C)C.C[C](C)(C)[Ge].C[C](C)(C)[Ge]. The average molecular weight is 544 g/mol. The standard InChI is InChI=1S/2C8H18Si.2C4H9Ge/c2*1-7(2,3)9-8(4,5)6;2*1-4(2,3)5/h2*1-6H3;2*1-3H3. The van der Waals surface area contributed by atoms with Gasteiger partial charge in [-0.2, -0.15) is 0 Å². The topological polar surface area (TPSA) is 0 Å². The van der Waals surface area contributed by atoms with Gasteiger partial charge in [0.1, 0.15) is 0 Å². The Balaban J connectivity index is -0.000000143. The van der Waals surface area contributed by atoms with Gasteiger partial charge in [-0.1, -0.05) is 83.1 Å². The molecule has 0 fully saturated rings. The van der Waals surface area contributed by atoms with E-state index in [0.717, 1.165) is 19.0 Å². The van der Waals surface area contributed by atoms with Gasteiger partial charge in [0.25, 0.3) is 0 Å². The molecule has 0 amide bonds. The molecule has 10 radical (unpaired) electrons. The molecule has 0 unspecified atom stereocenters. The van der Waals surface area contributed by atoms with Crippen LogP contribution in [0, 0.1) is 0 Å². The Labute approximate surface area is 204 Å². The molecule has 28 heavy (non-hydrogen) atoms. The van der Waals surface area contributed by atoms with Crippen LogP contribution in [0.1, 0.15) is 125 Å². The molecule has 0 aromatic rings. The van der Waals surface area contributed by atoms with E-state index in [1.165, 1.54) is 0 Å². The molecule has 0 aliphatic carbocycles. The molecule has 0 bridgehead atoms. The van der Waals surface area contributed by atoms with Crippen LogP contribution in [0.3, 0.4) is 0 Å². The molecule has 4 heteroatoms. The Morgan fingerprint density at radius 1 is 0.321 bits per heavy atom. The van der Waals surface area contributed by atoms with Crippen molar-refractivity contribution in [3.05, 3.63) is 0 Å². The summed E-state index contributed by atoms with van der Waals surface area (Å²) < 4.78 is 1.00. The molecule has 0 rings (SSSR count). The third-order valence-corrected chi connectivity index (χ3v) is 4.50. The van der Waals surface area contributed by atoms with E-state index < -0.39 is 0 Å². The molecule has 0 saturated carbocycles. The summed E-state index contributed by atoms with van der Waals surface area (Å²) in [7, 11) is 2.10. The van der Waals surface area contributed by atoms with Gasteiger partial charge in [-0.15, -0.1) is 0 Å². The summed E-state index contributed by atoms with van der Waals surface area (Å²) in [6.07, 6.45) is 0. The van der Waals surface area contributed by atoms with E-state index in [1.54, 1.807) is 0 Å². The van der Waals surface area contributed by atoms with E-state index in [9.17, 15) is 0 Å². The molecule has 0 aliphatic heterocycles. The minimum atomic E-state index is 0.500. The zero-order chi connectivity index (χ0) is 24.4. The molecule has 166 valence electrons. The Morgan fingerprint density at radius 3 is 0.393 bits per heavy atom. The monoisotopic (exact) mass is 546 g/mol. The van der Waals surface area contributed by atoms with E-state index in [2.05, 4.69) is 158 Å². The van der Waals surface area contributed by atoms with Gasteiger partial charge in [0.05, 0.1) is 19.0 Å². The van der Waals surface area contributed by atoms with Gasteiger partial charge in [0, 0.05) is 0 Å². The first-order valence-corrected chi connectivity index (χ1v) is 14.6. The van der Waals surface area contributed by atoms with Gasteiger partial charge in [-0.25, -0.2) is 0 Å². The molecule has 0 nitrogen and oxygen atoms in total. The van der Waals surface area contributed by atoms with E-state index in [0.29, 0.717) is 28.6 Å². The van der Waals surface area contributed by atoms with Crippen LogP contribution in [0.2, 0.25) is 28.6 Å². The maximum absolute atomic E-state index is 2.30. The summed E-state index contributed by atoms with van der Waals surface area (Å²) in [6, 6.07) is 0. The predicted molar refractivity (Wildman–Crippen MR) is 141 cm³/mol. The van der Waals surface area contributed by atoms with E-state index in [1.807, 2.05) is 0 Å². The quantitative estimate of drug-likeness (QED) is 0.267. The number of rotatable bonds is 0. The average Bonchev–Trinajstić information content (AvgIpc) is 1.95. The van der Waals surface area contributed by atoms with Crippen LogP contribution in [0.15, 0.2) is 0 Å². The van der Waals surface area contributed by atoms with Crippen molar-refractivity contribution in [3.8, 4) is 0 Å². The fourth-order valence-electron chi connectivity index (χ4n) is 2.25. The van der Waals surface area contributed by atoms with Crippen molar-refractivity contribution in [1.82, 2.24) is 0 Å². The number of hydrogen-bond donors (Lipinski definition) is 0. The molecule has 0 aromatic carbocycles. The summed E-state index contributed by atoms with van der Waals surface area (Å²) in [5, 5.41) is 2.05. The van der Waals surface area contributed by atoms with Crippen molar-refractivity contribution in [2.24, 2.45) is 0 Å². The molecule has 0 aliphatic rings. The first-order chi connectivity index (χ1) is 11.4. The fourth-order valence-corrected chi connectivity index (χ4v) is 6.75. The van der Waals surface area contributed by atoms with Crippen molar-refractivity contribution in [2.45, 2.75) is 153 Å². The fraction of sp³-hybridized carbons (Fsp3) is 1.00. The Morgan fingerprint density at radius 2 is 0.393 bits per heavy atom. The molecule has 0 N–H and O–H groups in total. The van der Waals surface area contributed by atoms with Crippen molar-refractivity contribution in [2.75, 3.05) is 0 Å². The molecule has 0 heterocycles. The van der Waals surface area contributed by atoms with Crippen LogP contribution >= 0.6 is 0 Å². The van der Waals surface area contributed by atoms with Crippen LogP contribution in [0.25, 0.3) is 0 Å². The van der Waals surface area contributed by atoms with E-state index in [-0.39, 0.29) is 0 Å². The van der Waals surface area contributed by atoms with Gasteiger partial charge in [-0.3, -0.25) is 0 Å². The van der Waals surface area contributed by atoms with Gasteiger partial charge < -0.3 is 0 Å². The van der Waals surface area contributed by atoms with Crippen molar-refractivity contribution >= 4 is 52.1 Å². The van der Waals surface area contributed by atoms with E-state index in [4.69, 9.17) is 0 Å². The van der Waals surface area contributed by atoms with Crippen LogP contribution < -0.4 is 0 Å². The van der Waals surface area contributed by atoms with Crippen LogP contribution in [0.4, 0.5) is 0 Å². The van der Waals surface area contributed by atoms with Crippen LogP contribution in [-0.4, -0.2) is 52.1 Å². The zero-order valence-corrected chi connectivity index (χ0v) is 29.2. The second-order valence-electron chi connectivity index (χ2n) is 13.8.